The van der Waals surface area contributed by atoms with E-state index < -0.39 is 18.0 Å². The topological polar surface area (TPSA) is 62.9 Å². The number of alkyl halides is 3. The van der Waals surface area contributed by atoms with E-state index in [0.717, 1.165) is 0 Å². The predicted molar refractivity (Wildman–Crippen MR) is 94.7 cm³/mol. The first kappa shape index (κ1) is 19.3. The number of benzene rings is 2. The Hall–Kier alpha value is -3.42. The molecular weight excluding hydrogens is 375 g/mol. The Morgan fingerprint density at radius 3 is 2.57 bits per heavy atom. The van der Waals surface area contributed by atoms with Gasteiger partial charge in [-0.1, -0.05) is 24.3 Å². The summed E-state index contributed by atoms with van der Waals surface area (Å²) < 4.78 is 47.2. The molecule has 2 aromatic carbocycles. The highest BCUT2D eigenvalue weighted by molar-refractivity contribution is 5.92. The maximum absolute atomic E-state index is 12.6. The van der Waals surface area contributed by atoms with E-state index in [-0.39, 0.29) is 29.4 Å². The van der Waals surface area contributed by atoms with E-state index in [0.29, 0.717) is 5.56 Å². The predicted octanol–water partition coefficient (Wildman–Crippen LogP) is 4.82. The molecule has 0 atom stereocenters. The summed E-state index contributed by atoms with van der Waals surface area (Å²) in [6.45, 7) is 0.219. The van der Waals surface area contributed by atoms with Gasteiger partial charge in [0, 0.05) is 13.6 Å². The largest absolute Gasteiger partial charge is 0.573 e. The van der Waals surface area contributed by atoms with Gasteiger partial charge in [0.2, 0.25) is 0 Å². The zero-order valence-corrected chi connectivity index (χ0v) is 14.7. The molecule has 0 spiro atoms. The first-order valence-corrected chi connectivity index (χ1v) is 8.21. The van der Waals surface area contributed by atoms with Gasteiger partial charge in [0.1, 0.15) is 17.3 Å². The van der Waals surface area contributed by atoms with Gasteiger partial charge < -0.3 is 19.2 Å². The smallest absolute Gasteiger partial charge is 0.508 e. The third kappa shape index (κ3) is 4.64. The summed E-state index contributed by atoms with van der Waals surface area (Å²) in [5, 5.41) is 9.50. The van der Waals surface area contributed by atoms with Gasteiger partial charge in [0.25, 0.3) is 5.91 Å². The molecule has 0 saturated heterocycles. The van der Waals surface area contributed by atoms with Crippen molar-refractivity contribution in [1.29, 1.82) is 0 Å². The molecule has 1 aromatic heterocycles. The summed E-state index contributed by atoms with van der Waals surface area (Å²) in [6.07, 6.45) is -4.84. The summed E-state index contributed by atoms with van der Waals surface area (Å²) in [7, 11) is 1.55. The molecule has 5 nitrogen and oxygen atoms in total. The number of ether oxygens (including phenoxy) is 1. The second-order valence-electron chi connectivity index (χ2n) is 6.04. The van der Waals surface area contributed by atoms with Crippen molar-refractivity contribution in [2.24, 2.45) is 0 Å². The Kier molecular flexibility index (Phi) is 5.30. The number of rotatable bonds is 5. The molecule has 0 aliphatic carbocycles. The van der Waals surface area contributed by atoms with Gasteiger partial charge in [-0.3, -0.25) is 4.79 Å². The molecule has 0 radical (unpaired) electrons. The van der Waals surface area contributed by atoms with Crippen LogP contribution in [0.15, 0.2) is 65.1 Å². The van der Waals surface area contributed by atoms with Crippen LogP contribution in [0.25, 0.3) is 11.3 Å². The van der Waals surface area contributed by atoms with Crippen LogP contribution in [-0.2, 0) is 6.54 Å². The van der Waals surface area contributed by atoms with Gasteiger partial charge in [-0.15, -0.1) is 13.2 Å². The van der Waals surface area contributed by atoms with E-state index in [1.807, 2.05) is 0 Å². The first-order valence-electron chi connectivity index (χ1n) is 8.21. The molecule has 0 aliphatic heterocycles. The van der Waals surface area contributed by atoms with Crippen molar-refractivity contribution in [3.63, 3.8) is 0 Å². The summed E-state index contributed by atoms with van der Waals surface area (Å²) in [5.74, 6) is -0.742. The third-order valence-corrected chi connectivity index (χ3v) is 3.87. The summed E-state index contributed by atoms with van der Waals surface area (Å²) in [4.78, 5) is 13.9. The Morgan fingerprint density at radius 1 is 1.11 bits per heavy atom. The molecule has 1 heterocycles. The number of halogens is 3. The number of furan rings is 1. The maximum Gasteiger partial charge on any atom is 0.573 e. The average molecular weight is 391 g/mol. The fourth-order valence-corrected chi connectivity index (χ4v) is 2.67. The summed E-state index contributed by atoms with van der Waals surface area (Å²) in [6, 6.07) is 14.8. The van der Waals surface area contributed by atoms with Crippen molar-refractivity contribution in [1.82, 2.24) is 4.90 Å². The van der Waals surface area contributed by atoms with Crippen LogP contribution in [0, 0.1) is 0 Å². The number of nitrogens with zero attached hydrogens (tertiary/aromatic N) is 1. The second kappa shape index (κ2) is 7.67. The van der Waals surface area contributed by atoms with Crippen LogP contribution in [0.2, 0.25) is 0 Å². The molecule has 1 N–H and O–H groups in total. The van der Waals surface area contributed by atoms with Crippen LogP contribution in [0.5, 0.6) is 11.5 Å². The molecule has 0 fully saturated rings. The molecule has 1 amide bonds. The molecular formula is C20H16F3NO4. The Bertz CT molecular complexity index is 981. The van der Waals surface area contributed by atoms with E-state index in [2.05, 4.69) is 4.74 Å². The Labute approximate surface area is 158 Å². The number of carbonyl (C=O) groups is 1. The van der Waals surface area contributed by atoms with E-state index in [1.54, 1.807) is 19.2 Å². The molecule has 8 heteroatoms. The van der Waals surface area contributed by atoms with E-state index in [1.165, 1.54) is 53.4 Å². The highest BCUT2D eigenvalue weighted by atomic mass is 19.4. The lowest BCUT2D eigenvalue weighted by molar-refractivity contribution is -0.274. The lowest BCUT2D eigenvalue weighted by Crippen LogP contribution is -2.25. The molecule has 28 heavy (non-hydrogen) atoms. The minimum Gasteiger partial charge on any atom is -0.508 e. The number of carbonyl (C=O) groups excluding carboxylic acids is 1. The Balaban J connectivity index is 1.79. The fraction of sp³-hybridized carbons (Fsp3) is 0.150. The maximum atomic E-state index is 12.6. The quantitative estimate of drug-likeness (QED) is 0.677. The normalized spacial score (nSPS) is 11.3. The number of phenols is 1. The van der Waals surface area contributed by atoms with Gasteiger partial charge in [0.15, 0.2) is 5.76 Å². The third-order valence-electron chi connectivity index (χ3n) is 3.87. The van der Waals surface area contributed by atoms with Crippen molar-refractivity contribution in [2.75, 3.05) is 7.05 Å². The lowest BCUT2D eigenvalue weighted by atomic mass is 10.1. The van der Waals surface area contributed by atoms with Gasteiger partial charge in [-0.2, -0.15) is 0 Å². The number of phenolic OH excluding ortho intramolecular Hbond substituents is 1. The number of aromatic hydroxyl groups is 1. The minimum atomic E-state index is -4.84. The molecule has 0 saturated carbocycles. The van der Waals surface area contributed by atoms with Crippen LogP contribution >= 0.6 is 0 Å². The van der Waals surface area contributed by atoms with Crippen molar-refractivity contribution in [2.45, 2.75) is 12.9 Å². The van der Waals surface area contributed by atoms with E-state index >= 15 is 0 Å². The molecule has 3 rings (SSSR count). The number of hydrogen-bond donors (Lipinski definition) is 1. The molecule has 0 bridgehead atoms. The van der Waals surface area contributed by atoms with Crippen LogP contribution in [0.1, 0.15) is 16.1 Å². The van der Waals surface area contributed by atoms with Gasteiger partial charge in [-0.05, 0) is 42.0 Å². The average Bonchev–Trinajstić information content (AvgIpc) is 3.10. The van der Waals surface area contributed by atoms with Gasteiger partial charge >= 0.3 is 6.36 Å². The zero-order valence-electron chi connectivity index (χ0n) is 14.7. The molecule has 146 valence electrons. The molecule has 0 aliphatic rings. The molecule has 3 aromatic rings. The van der Waals surface area contributed by atoms with Crippen molar-refractivity contribution >= 4 is 5.91 Å². The number of para-hydroxylation sites is 1. The van der Waals surface area contributed by atoms with Crippen molar-refractivity contribution in [3.05, 3.63) is 72.0 Å². The minimum absolute atomic E-state index is 0.0283. The van der Waals surface area contributed by atoms with Gasteiger partial charge in [0.05, 0.1) is 5.56 Å². The Morgan fingerprint density at radius 2 is 1.86 bits per heavy atom. The lowest BCUT2D eigenvalue weighted by Gasteiger charge is -2.16. The van der Waals surface area contributed by atoms with Crippen LogP contribution in [-0.4, -0.2) is 29.3 Å². The van der Waals surface area contributed by atoms with Crippen molar-refractivity contribution in [3.8, 4) is 22.8 Å². The van der Waals surface area contributed by atoms with Crippen LogP contribution in [0.3, 0.4) is 0 Å². The van der Waals surface area contributed by atoms with Crippen LogP contribution < -0.4 is 4.74 Å². The van der Waals surface area contributed by atoms with E-state index in [4.69, 9.17) is 4.42 Å². The van der Waals surface area contributed by atoms with Gasteiger partial charge in [-0.25, -0.2) is 0 Å². The van der Waals surface area contributed by atoms with Crippen molar-refractivity contribution < 1.29 is 32.2 Å². The number of amides is 1. The fourth-order valence-electron chi connectivity index (χ4n) is 2.67. The van der Waals surface area contributed by atoms with Crippen LogP contribution in [0.4, 0.5) is 13.2 Å². The monoisotopic (exact) mass is 391 g/mol. The molecule has 0 unspecified atom stereocenters. The standard InChI is InChI=1S/C20H16F3NO4/c1-24(12-13-5-4-6-14(25)11-13)19(26)18-10-9-16(27-18)15-7-2-3-8-17(15)28-20(21,22)23/h2-11,25H,12H2,1H3. The zero-order chi connectivity index (χ0) is 20.3. The SMILES string of the molecule is CN(Cc1cccc(O)c1)C(=O)c1ccc(-c2ccccc2OC(F)(F)F)o1. The number of hydrogen-bond acceptors (Lipinski definition) is 4. The highest BCUT2D eigenvalue weighted by Gasteiger charge is 2.32. The van der Waals surface area contributed by atoms with E-state index in [9.17, 15) is 23.1 Å². The second-order valence-corrected chi connectivity index (χ2v) is 6.04. The first-order chi connectivity index (χ1) is 13.2. The summed E-state index contributed by atoms with van der Waals surface area (Å²) in [5.41, 5.74) is 0.793. The summed E-state index contributed by atoms with van der Waals surface area (Å²) >= 11 is 0. The highest BCUT2D eigenvalue weighted by Crippen LogP contribution is 2.34.